The molecular weight excluding hydrogens is 458 g/mol. The fourth-order valence-electron chi connectivity index (χ4n) is 3.90. The Kier molecular flexibility index (Phi) is 8.12. The van der Waals surface area contributed by atoms with Gasteiger partial charge in [-0.3, -0.25) is 9.28 Å². The smallest absolute Gasteiger partial charge is 0.254 e. The molecule has 9 heteroatoms. The number of aromatic nitrogens is 1. The highest BCUT2D eigenvalue weighted by atomic mass is 32.2. The monoisotopic (exact) mass is 490 g/mol. The number of rotatable bonds is 11. The third-order valence-electron chi connectivity index (χ3n) is 5.72. The average molecular weight is 491 g/mol. The van der Waals surface area contributed by atoms with Gasteiger partial charge in [0.1, 0.15) is 11.4 Å². The number of primary sulfonamides is 1. The topological polar surface area (TPSA) is 91.4 Å². The molecule has 0 atom stereocenters. The molecule has 0 fully saturated rings. The predicted octanol–water partition coefficient (Wildman–Crippen LogP) is 3.13. The lowest BCUT2D eigenvalue weighted by Crippen LogP contribution is -2.43. The van der Waals surface area contributed by atoms with Gasteiger partial charge in [-0.25, -0.2) is 13.6 Å². The van der Waals surface area contributed by atoms with E-state index >= 15 is 0 Å². The zero-order chi connectivity index (χ0) is 24.1. The molecule has 3 aromatic rings. The van der Waals surface area contributed by atoms with E-state index in [4.69, 9.17) is 9.88 Å². The summed E-state index contributed by atoms with van der Waals surface area (Å²) < 4.78 is 30.5. The van der Waals surface area contributed by atoms with Crippen LogP contribution in [0.25, 0.3) is 0 Å². The van der Waals surface area contributed by atoms with Gasteiger partial charge in [0.2, 0.25) is 10.0 Å². The number of benzene rings is 1. The van der Waals surface area contributed by atoms with Crippen molar-refractivity contribution >= 4 is 27.0 Å². The van der Waals surface area contributed by atoms with Crippen molar-refractivity contribution in [3.05, 3.63) is 80.4 Å². The van der Waals surface area contributed by atoms with Crippen molar-refractivity contribution in [3.8, 4) is 5.75 Å². The first-order chi connectivity index (χ1) is 15.5. The molecule has 0 spiro atoms. The van der Waals surface area contributed by atoms with E-state index in [0.29, 0.717) is 36.3 Å². The lowest BCUT2D eigenvalue weighted by molar-refractivity contribution is 0.321. The molecule has 0 saturated heterocycles. The Hall–Kier alpha value is -2.46. The van der Waals surface area contributed by atoms with Crippen LogP contribution in [-0.4, -0.2) is 46.0 Å². The Balaban J connectivity index is 1.68. The minimum absolute atomic E-state index is 0.0371. The maximum atomic E-state index is 12.7. The van der Waals surface area contributed by atoms with Crippen LogP contribution in [0.5, 0.6) is 5.75 Å². The largest absolute Gasteiger partial charge is 0.493 e. The number of thiophene rings is 1. The molecule has 0 bridgehead atoms. The van der Waals surface area contributed by atoms with Gasteiger partial charge in [-0.05, 0) is 36.1 Å². The zero-order valence-corrected chi connectivity index (χ0v) is 21.0. The summed E-state index contributed by atoms with van der Waals surface area (Å²) in [6.07, 6.45) is 3.06. The summed E-state index contributed by atoms with van der Waals surface area (Å²) in [6, 6.07) is 13.5. The van der Waals surface area contributed by atoms with Gasteiger partial charge in [0, 0.05) is 35.5 Å². The number of nitrogens with zero attached hydrogens (tertiary/aromatic N) is 2. The minimum atomic E-state index is -3.47. The number of hydrogen-bond acceptors (Lipinski definition) is 5. The summed E-state index contributed by atoms with van der Waals surface area (Å²) in [6.45, 7) is 3.66. The van der Waals surface area contributed by atoms with E-state index in [9.17, 15) is 13.2 Å². The Bertz CT molecular complexity index is 1230. The molecule has 0 aliphatic heterocycles. The third kappa shape index (κ3) is 7.26. The van der Waals surface area contributed by atoms with Gasteiger partial charge < -0.3 is 9.30 Å². The number of nitrogens with two attached hydrogens (primary N) is 1. The molecule has 178 valence electrons. The second-order valence-electron chi connectivity index (χ2n) is 8.70. The molecule has 0 aliphatic carbocycles. The molecule has 33 heavy (non-hydrogen) atoms. The van der Waals surface area contributed by atoms with Crippen LogP contribution in [0.2, 0.25) is 0 Å². The van der Waals surface area contributed by atoms with Gasteiger partial charge in [0.05, 0.1) is 39.5 Å². The van der Waals surface area contributed by atoms with Gasteiger partial charge in [-0.1, -0.05) is 18.2 Å². The van der Waals surface area contributed by atoms with Crippen molar-refractivity contribution in [1.82, 2.24) is 9.05 Å². The third-order valence-corrected chi connectivity index (χ3v) is 7.51. The summed E-state index contributed by atoms with van der Waals surface area (Å²) in [5.74, 6) is 0.538. The van der Waals surface area contributed by atoms with Crippen LogP contribution in [-0.2, 0) is 23.0 Å². The highest BCUT2D eigenvalue weighted by Gasteiger charge is 2.23. The number of pyridine rings is 1. The molecule has 0 aliphatic rings. The minimum Gasteiger partial charge on any atom is -0.493 e. The quantitative estimate of drug-likeness (QED) is 0.418. The summed E-state index contributed by atoms with van der Waals surface area (Å²) in [5.41, 5.74) is 3.10. The normalized spacial score (nSPS) is 12.1. The maximum Gasteiger partial charge on any atom is 0.254 e. The Labute approximate surface area is 199 Å². The molecule has 3 rings (SSSR count). The molecule has 2 heterocycles. The molecule has 0 unspecified atom stereocenters. The lowest BCUT2D eigenvalue weighted by atomic mass is 10.0. The van der Waals surface area contributed by atoms with Crippen molar-refractivity contribution in [2.45, 2.75) is 26.3 Å². The van der Waals surface area contributed by atoms with Crippen molar-refractivity contribution in [1.29, 1.82) is 0 Å². The van der Waals surface area contributed by atoms with E-state index in [2.05, 4.69) is 6.07 Å². The molecule has 7 nitrogen and oxygen atoms in total. The van der Waals surface area contributed by atoms with Crippen LogP contribution in [0.3, 0.4) is 0 Å². The first-order valence-corrected chi connectivity index (χ1v) is 13.4. The summed E-state index contributed by atoms with van der Waals surface area (Å²) in [7, 11) is 0.619. The van der Waals surface area contributed by atoms with E-state index in [1.54, 1.807) is 22.1 Å². The average Bonchev–Trinajstić information content (AvgIpc) is 3.23. The molecule has 1 aromatic carbocycles. The Morgan fingerprint density at radius 2 is 1.94 bits per heavy atom. The van der Waals surface area contributed by atoms with E-state index in [-0.39, 0.29) is 11.3 Å². The molecule has 2 N–H and O–H groups in total. The van der Waals surface area contributed by atoms with Crippen molar-refractivity contribution in [2.75, 3.05) is 33.0 Å². The summed E-state index contributed by atoms with van der Waals surface area (Å²) in [4.78, 5) is 13.9. The van der Waals surface area contributed by atoms with E-state index in [1.165, 1.54) is 10.9 Å². The standard InChI is InChI=1S/C24H32N3O4S2/c1-19-20(7-4-9-23(19)27(2,3)13-6-16-33(25,29)30)18-26-12-10-21(17-24(26)28)31-14-11-22-8-5-15-32-22/h4-5,7-10,12,15,17H,6,11,13-14,16,18H2,1-3H3,(H2,25,29,30)/q+1. The fourth-order valence-corrected chi connectivity index (χ4v) is 5.12. The van der Waals surface area contributed by atoms with E-state index in [1.807, 2.05) is 56.7 Å². The van der Waals surface area contributed by atoms with Crippen molar-refractivity contribution < 1.29 is 13.2 Å². The molecule has 0 amide bonds. The number of quaternary nitrogens is 1. The number of ether oxygens (including phenoxy) is 1. The molecule has 0 saturated carbocycles. The summed E-state index contributed by atoms with van der Waals surface area (Å²) >= 11 is 1.69. The van der Waals surface area contributed by atoms with Crippen LogP contribution in [0.4, 0.5) is 5.69 Å². The van der Waals surface area contributed by atoms with E-state index in [0.717, 1.165) is 23.2 Å². The van der Waals surface area contributed by atoms with E-state index < -0.39 is 10.0 Å². The number of sulfonamides is 1. The first-order valence-electron chi connectivity index (χ1n) is 10.8. The Morgan fingerprint density at radius 3 is 2.61 bits per heavy atom. The van der Waals surface area contributed by atoms with Gasteiger partial charge in [-0.2, -0.15) is 0 Å². The van der Waals surface area contributed by atoms with Crippen LogP contribution in [0.15, 0.2) is 58.8 Å². The predicted molar refractivity (Wildman–Crippen MR) is 136 cm³/mol. The highest BCUT2D eigenvalue weighted by Crippen LogP contribution is 2.27. The Morgan fingerprint density at radius 1 is 1.15 bits per heavy atom. The second kappa shape index (κ2) is 10.6. The van der Waals surface area contributed by atoms with Crippen LogP contribution < -0.4 is 19.9 Å². The SMILES string of the molecule is Cc1c(Cn2ccc(OCCc3cccs3)cc2=O)cccc1[N+](C)(C)CCCS(N)(=O)=O. The zero-order valence-electron chi connectivity index (χ0n) is 19.4. The molecule has 0 radical (unpaired) electrons. The van der Waals surface area contributed by atoms with Crippen molar-refractivity contribution in [2.24, 2.45) is 5.14 Å². The molecular formula is C24H32N3O4S2+. The van der Waals surface area contributed by atoms with Crippen LogP contribution in [0.1, 0.15) is 22.4 Å². The first kappa shape index (κ1) is 25.2. The number of hydrogen-bond donors (Lipinski definition) is 1. The van der Waals surface area contributed by atoms with Crippen LogP contribution >= 0.6 is 11.3 Å². The second-order valence-corrected chi connectivity index (χ2v) is 11.5. The van der Waals surface area contributed by atoms with Crippen LogP contribution in [0, 0.1) is 6.92 Å². The van der Waals surface area contributed by atoms with Gasteiger partial charge in [-0.15, -0.1) is 11.3 Å². The summed E-state index contributed by atoms with van der Waals surface area (Å²) in [5, 5.41) is 7.18. The molecule has 2 aromatic heterocycles. The maximum absolute atomic E-state index is 12.7. The highest BCUT2D eigenvalue weighted by molar-refractivity contribution is 7.89. The lowest BCUT2D eigenvalue weighted by Gasteiger charge is -2.31. The van der Waals surface area contributed by atoms with Gasteiger partial charge >= 0.3 is 0 Å². The van der Waals surface area contributed by atoms with Crippen molar-refractivity contribution in [3.63, 3.8) is 0 Å². The van der Waals surface area contributed by atoms with Gasteiger partial charge in [0.15, 0.2) is 0 Å². The fraction of sp³-hybridized carbons (Fsp3) is 0.375. The van der Waals surface area contributed by atoms with Gasteiger partial charge in [0.25, 0.3) is 5.56 Å².